The van der Waals surface area contributed by atoms with E-state index in [9.17, 15) is 9.59 Å². The lowest BCUT2D eigenvalue weighted by molar-refractivity contribution is -0.137. The second-order valence-corrected chi connectivity index (χ2v) is 5.62. The van der Waals surface area contributed by atoms with Gasteiger partial charge in [-0.1, -0.05) is 60.2 Å². The summed E-state index contributed by atoms with van der Waals surface area (Å²) in [7, 11) is 0. The third-order valence-corrected chi connectivity index (χ3v) is 3.64. The number of nitrogens with one attached hydrogen (secondary N) is 1. The summed E-state index contributed by atoms with van der Waals surface area (Å²) in [4.78, 5) is 23.2. The van der Waals surface area contributed by atoms with Crippen molar-refractivity contribution in [3.05, 3.63) is 71.3 Å². The van der Waals surface area contributed by atoms with Crippen molar-refractivity contribution in [2.45, 2.75) is 32.2 Å². The number of aryl methyl sites for hydroxylation is 2. The Morgan fingerprint density at radius 1 is 1.09 bits per heavy atom. The highest BCUT2D eigenvalue weighted by molar-refractivity contribution is 5.78. The maximum atomic E-state index is 12.2. The number of carboxylic acid groups (broad SMARTS) is 1. The van der Waals surface area contributed by atoms with Crippen LogP contribution in [0.5, 0.6) is 0 Å². The quantitative estimate of drug-likeness (QED) is 0.825. The minimum Gasteiger partial charge on any atom is -0.481 e. The number of benzene rings is 2. The highest BCUT2D eigenvalue weighted by Gasteiger charge is 2.17. The highest BCUT2D eigenvalue weighted by Crippen LogP contribution is 2.17. The first-order chi connectivity index (χ1) is 11.0. The van der Waals surface area contributed by atoms with Crippen LogP contribution in [0.2, 0.25) is 0 Å². The normalized spacial score (nSPS) is 11.7. The van der Waals surface area contributed by atoms with Crippen molar-refractivity contribution in [3.63, 3.8) is 0 Å². The van der Waals surface area contributed by atoms with Crippen LogP contribution >= 0.6 is 0 Å². The Morgan fingerprint density at radius 2 is 1.83 bits per heavy atom. The van der Waals surface area contributed by atoms with Gasteiger partial charge in [0, 0.05) is 6.42 Å². The smallest absolute Gasteiger partial charge is 0.305 e. The molecule has 2 aromatic rings. The number of aliphatic carboxylic acids is 1. The summed E-state index contributed by atoms with van der Waals surface area (Å²) < 4.78 is 0. The Bertz CT molecular complexity index is 667. The molecule has 2 aromatic carbocycles. The van der Waals surface area contributed by atoms with Gasteiger partial charge in [0.25, 0.3) is 0 Å². The monoisotopic (exact) mass is 311 g/mol. The molecule has 0 fully saturated rings. The van der Waals surface area contributed by atoms with Crippen molar-refractivity contribution >= 4 is 11.9 Å². The molecule has 0 bridgehead atoms. The average Bonchev–Trinajstić information content (AvgIpc) is 2.53. The van der Waals surface area contributed by atoms with E-state index in [1.54, 1.807) is 0 Å². The molecule has 1 unspecified atom stereocenters. The van der Waals surface area contributed by atoms with Crippen LogP contribution in [-0.4, -0.2) is 17.0 Å². The molecule has 2 N–H and O–H groups in total. The van der Waals surface area contributed by atoms with Crippen molar-refractivity contribution in [3.8, 4) is 0 Å². The van der Waals surface area contributed by atoms with E-state index in [1.807, 2.05) is 55.5 Å². The maximum absolute atomic E-state index is 12.2. The molecule has 0 aliphatic rings. The van der Waals surface area contributed by atoms with Crippen LogP contribution in [0, 0.1) is 6.92 Å². The molecule has 4 heteroatoms. The molecule has 0 heterocycles. The van der Waals surface area contributed by atoms with E-state index >= 15 is 0 Å². The number of hydrogen-bond acceptors (Lipinski definition) is 2. The van der Waals surface area contributed by atoms with Gasteiger partial charge >= 0.3 is 5.97 Å². The zero-order valence-corrected chi connectivity index (χ0v) is 13.2. The largest absolute Gasteiger partial charge is 0.481 e. The maximum Gasteiger partial charge on any atom is 0.305 e. The number of carbonyl (C=O) groups excluding carboxylic acids is 1. The van der Waals surface area contributed by atoms with Crippen molar-refractivity contribution in [1.29, 1.82) is 0 Å². The van der Waals surface area contributed by atoms with E-state index in [1.165, 1.54) is 0 Å². The Morgan fingerprint density at radius 3 is 2.48 bits per heavy atom. The number of carboxylic acids is 1. The fourth-order valence-electron chi connectivity index (χ4n) is 2.50. The lowest BCUT2D eigenvalue weighted by Gasteiger charge is -2.17. The van der Waals surface area contributed by atoms with Crippen LogP contribution in [0.15, 0.2) is 54.6 Å². The minimum absolute atomic E-state index is 0.125. The molecule has 1 atom stereocenters. The topological polar surface area (TPSA) is 66.4 Å². The second kappa shape index (κ2) is 8.13. The summed E-state index contributed by atoms with van der Waals surface area (Å²) in [6, 6.07) is 16.7. The summed E-state index contributed by atoms with van der Waals surface area (Å²) in [6.07, 6.45) is 0.856. The van der Waals surface area contributed by atoms with Gasteiger partial charge in [0.15, 0.2) is 0 Å². The lowest BCUT2D eigenvalue weighted by Crippen LogP contribution is -2.30. The summed E-state index contributed by atoms with van der Waals surface area (Å²) in [5.74, 6) is -1.07. The average molecular weight is 311 g/mol. The van der Waals surface area contributed by atoms with E-state index < -0.39 is 12.0 Å². The Kier molecular flexibility index (Phi) is 5.92. The molecule has 2 rings (SSSR count). The van der Waals surface area contributed by atoms with Gasteiger partial charge < -0.3 is 10.4 Å². The van der Waals surface area contributed by atoms with Crippen LogP contribution in [-0.2, 0) is 16.0 Å². The van der Waals surface area contributed by atoms with E-state index in [0.29, 0.717) is 12.8 Å². The zero-order valence-electron chi connectivity index (χ0n) is 13.2. The summed E-state index contributed by atoms with van der Waals surface area (Å²) in [5, 5.41) is 11.9. The predicted molar refractivity (Wildman–Crippen MR) is 89.1 cm³/mol. The number of hydrogen-bond donors (Lipinski definition) is 2. The Labute approximate surface area is 136 Å². The van der Waals surface area contributed by atoms with Gasteiger partial charge in [-0.05, 0) is 24.5 Å². The molecular weight excluding hydrogens is 290 g/mol. The lowest BCUT2D eigenvalue weighted by atomic mass is 10.0. The van der Waals surface area contributed by atoms with Crippen LogP contribution in [0.3, 0.4) is 0 Å². The van der Waals surface area contributed by atoms with Crippen LogP contribution < -0.4 is 5.32 Å². The zero-order chi connectivity index (χ0) is 16.7. The molecule has 120 valence electrons. The second-order valence-electron chi connectivity index (χ2n) is 5.62. The number of rotatable bonds is 7. The molecule has 23 heavy (non-hydrogen) atoms. The van der Waals surface area contributed by atoms with E-state index in [0.717, 1.165) is 16.7 Å². The van der Waals surface area contributed by atoms with Gasteiger partial charge in [-0.2, -0.15) is 0 Å². The molecular formula is C19H21NO3. The molecule has 0 saturated carbocycles. The van der Waals surface area contributed by atoms with Crippen molar-refractivity contribution in [2.75, 3.05) is 0 Å². The minimum atomic E-state index is -0.933. The van der Waals surface area contributed by atoms with Gasteiger partial charge in [0.2, 0.25) is 5.91 Å². The third-order valence-electron chi connectivity index (χ3n) is 3.64. The van der Waals surface area contributed by atoms with E-state index in [2.05, 4.69) is 11.4 Å². The first kappa shape index (κ1) is 16.7. The Hall–Kier alpha value is -2.62. The molecule has 0 aliphatic heterocycles. The number of carbonyl (C=O) groups is 2. The van der Waals surface area contributed by atoms with Crippen LogP contribution in [0.4, 0.5) is 0 Å². The van der Waals surface area contributed by atoms with Gasteiger partial charge in [-0.15, -0.1) is 0 Å². The fraction of sp³-hybridized carbons (Fsp3) is 0.263. The van der Waals surface area contributed by atoms with Crippen molar-refractivity contribution in [2.24, 2.45) is 0 Å². The first-order valence-corrected chi connectivity index (χ1v) is 7.66. The van der Waals surface area contributed by atoms with Crippen molar-refractivity contribution in [1.82, 2.24) is 5.32 Å². The molecule has 0 spiro atoms. The molecule has 0 radical (unpaired) electrons. The summed E-state index contributed by atoms with van der Waals surface area (Å²) >= 11 is 0. The summed E-state index contributed by atoms with van der Waals surface area (Å²) in [6.45, 7) is 2.02. The summed E-state index contributed by atoms with van der Waals surface area (Å²) in [5.41, 5.74) is 3.07. The van der Waals surface area contributed by atoms with Gasteiger partial charge in [0.1, 0.15) is 0 Å². The first-order valence-electron chi connectivity index (χ1n) is 7.66. The highest BCUT2D eigenvalue weighted by atomic mass is 16.4. The van der Waals surface area contributed by atoms with Gasteiger partial charge in [-0.3, -0.25) is 9.59 Å². The van der Waals surface area contributed by atoms with Gasteiger partial charge in [-0.25, -0.2) is 0 Å². The van der Waals surface area contributed by atoms with Gasteiger partial charge in [0.05, 0.1) is 12.5 Å². The SMILES string of the molecule is Cc1cccc(CCC(=O)NC(CC(=O)O)c2ccccc2)c1. The fourth-order valence-corrected chi connectivity index (χ4v) is 2.50. The Balaban J connectivity index is 1.96. The number of amides is 1. The van der Waals surface area contributed by atoms with Crippen molar-refractivity contribution < 1.29 is 14.7 Å². The predicted octanol–water partition coefficient (Wildman–Crippen LogP) is 3.26. The third kappa shape index (κ3) is 5.58. The van der Waals surface area contributed by atoms with Crippen LogP contribution in [0.25, 0.3) is 0 Å². The molecule has 0 aromatic heterocycles. The standard InChI is InChI=1S/C19H21NO3/c1-14-6-5-7-15(12-14)10-11-18(21)20-17(13-19(22)23)16-8-3-2-4-9-16/h2-9,12,17H,10-11,13H2,1H3,(H,20,21)(H,22,23). The molecule has 1 amide bonds. The van der Waals surface area contributed by atoms with Crippen LogP contribution in [0.1, 0.15) is 35.6 Å². The molecule has 4 nitrogen and oxygen atoms in total. The van der Waals surface area contributed by atoms with E-state index in [4.69, 9.17) is 5.11 Å². The molecule has 0 aliphatic carbocycles. The van der Waals surface area contributed by atoms with E-state index in [-0.39, 0.29) is 12.3 Å². The molecule has 0 saturated heterocycles.